The first-order valence-corrected chi connectivity index (χ1v) is 7.95. The van der Waals surface area contributed by atoms with Gasteiger partial charge in [0.05, 0.1) is 33.3 Å². The molecule has 1 aromatic rings. The van der Waals surface area contributed by atoms with Crippen LogP contribution in [0.25, 0.3) is 0 Å². The van der Waals surface area contributed by atoms with Crippen LogP contribution < -0.4 is 14.8 Å². The summed E-state index contributed by atoms with van der Waals surface area (Å²) in [5.74, 6) is -0.0364. The minimum Gasteiger partial charge on any atom is -0.497 e. The smallest absolute Gasteiger partial charge is 0.329 e. The molecule has 1 aliphatic heterocycles. The summed E-state index contributed by atoms with van der Waals surface area (Å²) >= 11 is 0. The molecule has 1 aromatic carbocycles. The van der Waals surface area contributed by atoms with Crippen molar-refractivity contribution in [2.24, 2.45) is 0 Å². The van der Waals surface area contributed by atoms with Gasteiger partial charge in [-0.25, -0.2) is 4.79 Å². The molecular weight excluding hydrogens is 330 g/mol. The fraction of sp³-hybridized carbons (Fsp3) is 0.529. The second-order valence-corrected chi connectivity index (χ2v) is 5.64. The highest BCUT2D eigenvalue weighted by atomic mass is 16.5. The number of hydrogen-bond donors (Lipinski definition) is 2. The number of amides is 1. The van der Waals surface area contributed by atoms with Crippen LogP contribution in [0.1, 0.15) is 12.0 Å². The van der Waals surface area contributed by atoms with E-state index in [1.807, 2.05) is 0 Å². The van der Waals surface area contributed by atoms with Crippen molar-refractivity contribution < 1.29 is 33.6 Å². The van der Waals surface area contributed by atoms with Crippen molar-refractivity contribution in [2.45, 2.75) is 25.0 Å². The van der Waals surface area contributed by atoms with Crippen LogP contribution in [0.3, 0.4) is 0 Å². The van der Waals surface area contributed by atoms with E-state index in [1.165, 1.54) is 7.11 Å². The summed E-state index contributed by atoms with van der Waals surface area (Å²) in [6.07, 6.45) is 0.220. The Kier molecular flexibility index (Phi) is 7.03. The lowest BCUT2D eigenvalue weighted by atomic mass is 10.0. The van der Waals surface area contributed by atoms with Gasteiger partial charge in [0.2, 0.25) is 5.91 Å². The molecule has 2 N–H and O–H groups in total. The Bertz CT molecular complexity index is 605. The van der Waals surface area contributed by atoms with Crippen LogP contribution in [-0.4, -0.2) is 63.2 Å². The summed E-state index contributed by atoms with van der Waals surface area (Å²) < 4.78 is 21.0. The van der Waals surface area contributed by atoms with E-state index in [9.17, 15) is 9.59 Å². The SMILES string of the molecule is COc1ccc(CC(=O)N[C@@H]2CCOC[C@H]2OCC(=O)O)c(OC)c1. The van der Waals surface area contributed by atoms with Crippen molar-refractivity contribution in [3.63, 3.8) is 0 Å². The highest BCUT2D eigenvalue weighted by Crippen LogP contribution is 2.25. The number of ether oxygens (including phenoxy) is 4. The van der Waals surface area contributed by atoms with Gasteiger partial charge < -0.3 is 29.4 Å². The Morgan fingerprint density at radius 1 is 1.32 bits per heavy atom. The fourth-order valence-corrected chi connectivity index (χ4v) is 2.65. The highest BCUT2D eigenvalue weighted by molar-refractivity contribution is 5.79. The maximum atomic E-state index is 12.4. The van der Waals surface area contributed by atoms with Crippen molar-refractivity contribution in [3.05, 3.63) is 23.8 Å². The maximum Gasteiger partial charge on any atom is 0.329 e. The summed E-state index contributed by atoms with van der Waals surface area (Å²) in [4.78, 5) is 23.0. The van der Waals surface area contributed by atoms with Gasteiger partial charge in [-0.15, -0.1) is 0 Å². The first-order valence-electron chi connectivity index (χ1n) is 7.95. The zero-order chi connectivity index (χ0) is 18.2. The molecule has 138 valence electrons. The van der Waals surface area contributed by atoms with Gasteiger partial charge in [0.15, 0.2) is 0 Å². The number of benzene rings is 1. The number of hydrogen-bond acceptors (Lipinski definition) is 6. The molecule has 0 unspecified atom stereocenters. The summed E-state index contributed by atoms with van der Waals surface area (Å²) in [5.41, 5.74) is 0.732. The van der Waals surface area contributed by atoms with Crippen LogP contribution in [0.2, 0.25) is 0 Å². The van der Waals surface area contributed by atoms with Gasteiger partial charge >= 0.3 is 5.97 Å². The zero-order valence-corrected chi connectivity index (χ0v) is 14.3. The van der Waals surface area contributed by atoms with E-state index in [-0.39, 0.29) is 25.0 Å². The average molecular weight is 353 g/mol. The Morgan fingerprint density at radius 2 is 2.12 bits per heavy atom. The number of carboxylic acids is 1. The van der Waals surface area contributed by atoms with E-state index in [0.29, 0.717) is 24.5 Å². The molecule has 0 aromatic heterocycles. The van der Waals surface area contributed by atoms with E-state index < -0.39 is 18.7 Å². The van der Waals surface area contributed by atoms with Crippen molar-refractivity contribution in [1.82, 2.24) is 5.32 Å². The molecule has 0 saturated carbocycles. The Morgan fingerprint density at radius 3 is 2.80 bits per heavy atom. The molecule has 0 aliphatic carbocycles. The zero-order valence-electron chi connectivity index (χ0n) is 14.3. The molecule has 0 spiro atoms. The molecule has 8 nitrogen and oxygen atoms in total. The molecule has 1 aliphatic rings. The minimum absolute atomic E-state index is 0.135. The summed E-state index contributed by atoms with van der Waals surface area (Å²) in [6, 6.07) is 4.97. The third-order valence-electron chi connectivity index (χ3n) is 3.92. The summed E-state index contributed by atoms with van der Waals surface area (Å²) in [5, 5.41) is 11.6. The lowest BCUT2D eigenvalue weighted by Gasteiger charge is -2.31. The number of rotatable bonds is 8. The first-order chi connectivity index (χ1) is 12.0. The lowest BCUT2D eigenvalue weighted by molar-refractivity contribution is -0.149. The number of nitrogens with one attached hydrogen (secondary N) is 1. The molecule has 2 atom stereocenters. The third kappa shape index (κ3) is 5.61. The van der Waals surface area contributed by atoms with E-state index in [1.54, 1.807) is 25.3 Å². The van der Waals surface area contributed by atoms with E-state index in [2.05, 4.69) is 5.32 Å². The molecule has 2 rings (SSSR count). The van der Waals surface area contributed by atoms with E-state index in [0.717, 1.165) is 5.56 Å². The predicted molar refractivity (Wildman–Crippen MR) is 88.0 cm³/mol. The van der Waals surface area contributed by atoms with Gasteiger partial charge in [-0.05, 0) is 12.5 Å². The second kappa shape index (κ2) is 9.24. The average Bonchev–Trinajstić information content (AvgIpc) is 2.61. The van der Waals surface area contributed by atoms with Crippen molar-refractivity contribution >= 4 is 11.9 Å². The molecular formula is C17H23NO7. The van der Waals surface area contributed by atoms with Gasteiger partial charge in [-0.3, -0.25) is 4.79 Å². The molecule has 0 radical (unpaired) electrons. The predicted octanol–water partition coefficient (Wildman–Crippen LogP) is 0.621. The third-order valence-corrected chi connectivity index (χ3v) is 3.92. The van der Waals surface area contributed by atoms with Crippen molar-refractivity contribution in [3.8, 4) is 11.5 Å². The number of carbonyl (C=O) groups excluding carboxylic acids is 1. The molecule has 8 heteroatoms. The Hall–Kier alpha value is -2.32. The summed E-state index contributed by atoms with van der Waals surface area (Å²) in [6.45, 7) is 0.320. The standard InChI is InChI=1S/C17H23NO7/c1-22-12-4-3-11(14(8-12)23-2)7-16(19)18-13-5-6-24-9-15(13)25-10-17(20)21/h3-4,8,13,15H,5-7,9-10H2,1-2H3,(H,18,19)(H,20,21)/t13-,15-/m1/s1. The van der Waals surface area contributed by atoms with Crippen LogP contribution in [-0.2, 0) is 25.5 Å². The molecule has 1 saturated heterocycles. The minimum atomic E-state index is -1.06. The van der Waals surface area contributed by atoms with Gasteiger partial charge in [-0.2, -0.15) is 0 Å². The Labute approximate surface area is 146 Å². The second-order valence-electron chi connectivity index (χ2n) is 5.64. The van der Waals surface area contributed by atoms with Gasteiger partial charge in [-0.1, -0.05) is 6.07 Å². The topological polar surface area (TPSA) is 103 Å². The first kappa shape index (κ1) is 19.0. The molecule has 1 fully saturated rings. The van der Waals surface area contributed by atoms with Crippen LogP contribution in [0.15, 0.2) is 18.2 Å². The highest BCUT2D eigenvalue weighted by Gasteiger charge is 2.28. The molecule has 25 heavy (non-hydrogen) atoms. The van der Waals surface area contributed by atoms with Crippen LogP contribution >= 0.6 is 0 Å². The fourth-order valence-electron chi connectivity index (χ4n) is 2.65. The van der Waals surface area contributed by atoms with Crippen LogP contribution in [0.4, 0.5) is 0 Å². The normalized spacial score (nSPS) is 19.9. The number of aliphatic carboxylic acids is 1. The monoisotopic (exact) mass is 353 g/mol. The summed E-state index contributed by atoms with van der Waals surface area (Å²) in [7, 11) is 3.09. The number of methoxy groups -OCH3 is 2. The van der Waals surface area contributed by atoms with Crippen LogP contribution in [0, 0.1) is 0 Å². The van der Waals surface area contributed by atoms with Crippen molar-refractivity contribution in [2.75, 3.05) is 34.0 Å². The van der Waals surface area contributed by atoms with Crippen molar-refractivity contribution in [1.29, 1.82) is 0 Å². The van der Waals surface area contributed by atoms with Crippen LogP contribution in [0.5, 0.6) is 11.5 Å². The lowest BCUT2D eigenvalue weighted by Crippen LogP contribution is -2.50. The Balaban J connectivity index is 1.97. The quantitative estimate of drug-likeness (QED) is 0.706. The van der Waals surface area contributed by atoms with E-state index >= 15 is 0 Å². The number of carboxylic acid groups (broad SMARTS) is 1. The van der Waals surface area contributed by atoms with Gasteiger partial charge in [0.1, 0.15) is 24.2 Å². The van der Waals surface area contributed by atoms with E-state index in [4.69, 9.17) is 24.1 Å². The molecule has 1 amide bonds. The largest absolute Gasteiger partial charge is 0.497 e. The van der Waals surface area contributed by atoms with Gasteiger partial charge in [0, 0.05) is 18.2 Å². The molecule has 1 heterocycles. The maximum absolute atomic E-state index is 12.4. The number of carbonyl (C=O) groups is 2. The van der Waals surface area contributed by atoms with Gasteiger partial charge in [0.25, 0.3) is 0 Å². The molecule has 0 bridgehead atoms.